The minimum atomic E-state index is -0.0667. The lowest BCUT2D eigenvalue weighted by Crippen LogP contribution is -2.15. The van der Waals surface area contributed by atoms with Crippen LogP contribution < -0.4 is 10.1 Å². The third-order valence-corrected chi connectivity index (χ3v) is 3.48. The van der Waals surface area contributed by atoms with Gasteiger partial charge in [-0.2, -0.15) is 0 Å². The van der Waals surface area contributed by atoms with Gasteiger partial charge in [-0.25, -0.2) is 4.98 Å². The van der Waals surface area contributed by atoms with Gasteiger partial charge in [0.2, 0.25) is 5.91 Å². The summed E-state index contributed by atoms with van der Waals surface area (Å²) in [6.45, 7) is 4.51. The maximum absolute atomic E-state index is 12.3. The zero-order chi connectivity index (χ0) is 16.2. The fraction of sp³-hybridized carbons (Fsp3) is 0.222. The Bertz CT molecular complexity index is 822. The van der Waals surface area contributed by atoms with Crippen molar-refractivity contribution in [3.8, 4) is 5.75 Å². The topological polar surface area (TPSA) is 55.6 Å². The molecule has 0 atom stereocenters. The zero-order valence-electron chi connectivity index (χ0n) is 13.2. The average molecular weight is 309 g/mol. The van der Waals surface area contributed by atoms with Crippen molar-refractivity contribution in [1.29, 1.82) is 0 Å². The first-order chi connectivity index (χ1) is 11.2. The number of hydrogen-bond acceptors (Lipinski definition) is 3. The summed E-state index contributed by atoms with van der Waals surface area (Å²) >= 11 is 0. The summed E-state index contributed by atoms with van der Waals surface area (Å²) in [4.78, 5) is 16.7. The molecule has 0 saturated heterocycles. The number of fused-ring (bicyclic) bond motifs is 1. The number of ether oxygens (including phenoxy) is 1. The summed E-state index contributed by atoms with van der Waals surface area (Å²) in [5.41, 5.74) is 3.33. The van der Waals surface area contributed by atoms with Gasteiger partial charge in [0.15, 0.2) is 5.65 Å². The Hall–Kier alpha value is -2.82. The van der Waals surface area contributed by atoms with Crippen LogP contribution in [0.3, 0.4) is 0 Å². The number of carbonyl (C=O) groups excluding carboxylic acids is 1. The van der Waals surface area contributed by atoms with E-state index in [-0.39, 0.29) is 5.91 Å². The lowest BCUT2D eigenvalue weighted by molar-refractivity contribution is -0.115. The largest absolute Gasteiger partial charge is 0.494 e. The highest BCUT2D eigenvalue weighted by Crippen LogP contribution is 2.17. The Kier molecular flexibility index (Phi) is 4.28. The Labute approximate surface area is 134 Å². The molecule has 0 radical (unpaired) electrons. The lowest BCUT2D eigenvalue weighted by atomic mass is 10.1. The fourth-order valence-electron chi connectivity index (χ4n) is 2.48. The molecule has 118 valence electrons. The lowest BCUT2D eigenvalue weighted by Gasteiger charge is -2.07. The Morgan fingerprint density at radius 1 is 1.26 bits per heavy atom. The SMILES string of the molecule is CCOc1ccc(CC(=O)Nc2cccn3cc(C)nc23)cc1. The van der Waals surface area contributed by atoms with Gasteiger partial charge in [-0.1, -0.05) is 12.1 Å². The van der Waals surface area contributed by atoms with E-state index in [2.05, 4.69) is 10.3 Å². The van der Waals surface area contributed by atoms with Gasteiger partial charge in [-0.15, -0.1) is 0 Å². The average Bonchev–Trinajstić information content (AvgIpc) is 2.91. The van der Waals surface area contributed by atoms with Crippen LogP contribution in [-0.2, 0) is 11.2 Å². The van der Waals surface area contributed by atoms with Crippen molar-refractivity contribution in [2.24, 2.45) is 0 Å². The van der Waals surface area contributed by atoms with Crippen LogP contribution >= 0.6 is 0 Å². The molecule has 2 aromatic heterocycles. The zero-order valence-corrected chi connectivity index (χ0v) is 13.2. The Morgan fingerprint density at radius 2 is 2.04 bits per heavy atom. The van der Waals surface area contributed by atoms with Crippen LogP contribution in [0.15, 0.2) is 48.8 Å². The van der Waals surface area contributed by atoms with Gasteiger partial charge in [0.25, 0.3) is 0 Å². The van der Waals surface area contributed by atoms with Crippen molar-refractivity contribution in [1.82, 2.24) is 9.38 Å². The Balaban J connectivity index is 1.71. The smallest absolute Gasteiger partial charge is 0.228 e. The van der Waals surface area contributed by atoms with E-state index < -0.39 is 0 Å². The van der Waals surface area contributed by atoms with Crippen LogP contribution in [0.25, 0.3) is 5.65 Å². The van der Waals surface area contributed by atoms with Crippen LogP contribution in [0.1, 0.15) is 18.2 Å². The van der Waals surface area contributed by atoms with Crippen LogP contribution in [0.4, 0.5) is 5.69 Å². The van der Waals surface area contributed by atoms with Crippen LogP contribution in [0.2, 0.25) is 0 Å². The third kappa shape index (κ3) is 3.51. The van der Waals surface area contributed by atoms with Gasteiger partial charge in [0.1, 0.15) is 5.75 Å². The molecule has 3 rings (SSSR count). The minimum Gasteiger partial charge on any atom is -0.494 e. The number of benzene rings is 1. The van der Waals surface area contributed by atoms with E-state index in [1.165, 1.54) is 0 Å². The van der Waals surface area contributed by atoms with E-state index in [0.717, 1.165) is 28.3 Å². The number of pyridine rings is 1. The number of amides is 1. The number of aryl methyl sites for hydroxylation is 1. The van der Waals surface area contributed by atoms with Crippen molar-refractivity contribution < 1.29 is 9.53 Å². The number of carbonyl (C=O) groups is 1. The molecule has 0 aliphatic rings. The summed E-state index contributed by atoms with van der Waals surface area (Å²) in [6.07, 6.45) is 4.15. The molecule has 0 spiro atoms. The van der Waals surface area contributed by atoms with Crippen molar-refractivity contribution in [2.75, 3.05) is 11.9 Å². The number of hydrogen-bond donors (Lipinski definition) is 1. The van der Waals surface area contributed by atoms with Crippen molar-refractivity contribution >= 4 is 17.2 Å². The summed E-state index contributed by atoms with van der Waals surface area (Å²) in [6, 6.07) is 11.3. The molecule has 5 heteroatoms. The molecular weight excluding hydrogens is 290 g/mol. The second-order valence-electron chi connectivity index (χ2n) is 5.34. The molecule has 1 aromatic carbocycles. The second kappa shape index (κ2) is 6.52. The molecule has 1 N–H and O–H groups in total. The molecule has 0 aliphatic heterocycles. The summed E-state index contributed by atoms with van der Waals surface area (Å²) in [5.74, 6) is 0.747. The predicted molar refractivity (Wildman–Crippen MR) is 89.9 cm³/mol. The molecule has 0 aliphatic carbocycles. The van der Waals surface area contributed by atoms with Gasteiger partial charge >= 0.3 is 0 Å². The summed E-state index contributed by atoms with van der Waals surface area (Å²) in [7, 11) is 0. The molecule has 1 amide bonds. The Morgan fingerprint density at radius 3 is 2.78 bits per heavy atom. The molecule has 5 nitrogen and oxygen atoms in total. The third-order valence-electron chi connectivity index (χ3n) is 3.48. The van der Waals surface area contributed by atoms with E-state index >= 15 is 0 Å². The first-order valence-electron chi connectivity index (χ1n) is 7.61. The highest BCUT2D eigenvalue weighted by atomic mass is 16.5. The fourth-order valence-corrected chi connectivity index (χ4v) is 2.48. The number of aromatic nitrogens is 2. The number of rotatable bonds is 5. The maximum Gasteiger partial charge on any atom is 0.228 e. The number of anilines is 1. The molecular formula is C18H19N3O2. The molecule has 23 heavy (non-hydrogen) atoms. The van der Waals surface area contributed by atoms with Crippen molar-refractivity contribution in [2.45, 2.75) is 20.3 Å². The number of nitrogens with one attached hydrogen (secondary N) is 1. The highest BCUT2D eigenvalue weighted by Gasteiger charge is 2.09. The molecule has 0 unspecified atom stereocenters. The van der Waals surface area contributed by atoms with Crippen LogP contribution in [0, 0.1) is 6.92 Å². The highest BCUT2D eigenvalue weighted by molar-refractivity contribution is 5.95. The predicted octanol–water partition coefficient (Wildman–Crippen LogP) is 3.22. The van der Waals surface area contributed by atoms with Crippen LogP contribution in [-0.4, -0.2) is 21.9 Å². The van der Waals surface area contributed by atoms with E-state index in [1.807, 2.05) is 67.0 Å². The van der Waals surface area contributed by atoms with Gasteiger partial charge in [-0.3, -0.25) is 4.79 Å². The number of imidazole rings is 1. The number of nitrogens with zero attached hydrogens (tertiary/aromatic N) is 2. The van der Waals surface area contributed by atoms with E-state index in [1.54, 1.807) is 0 Å². The summed E-state index contributed by atoms with van der Waals surface area (Å²) in [5, 5.41) is 2.93. The standard InChI is InChI=1S/C18H19N3O2/c1-3-23-15-8-6-14(7-9-15)11-17(22)20-16-5-4-10-21-12-13(2)19-18(16)21/h4-10,12H,3,11H2,1-2H3,(H,20,22). The summed E-state index contributed by atoms with van der Waals surface area (Å²) < 4.78 is 7.30. The van der Waals surface area contributed by atoms with E-state index in [9.17, 15) is 4.79 Å². The van der Waals surface area contributed by atoms with Gasteiger partial charge < -0.3 is 14.5 Å². The van der Waals surface area contributed by atoms with Gasteiger partial charge in [0, 0.05) is 12.4 Å². The van der Waals surface area contributed by atoms with Crippen LogP contribution in [0.5, 0.6) is 5.75 Å². The van der Waals surface area contributed by atoms with Gasteiger partial charge in [0.05, 0.1) is 24.4 Å². The molecule has 0 bridgehead atoms. The first-order valence-corrected chi connectivity index (χ1v) is 7.61. The second-order valence-corrected chi connectivity index (χ2v) is 5.34. The van der Waals surface area contributed by atoms with E-state index in [4.69, 9.17) is 4.74 Å². The normalized spacial score (nSPS) is 10.7. The molecule has 0 saturated carbocycles. The first kappa shape index (κ1) is 15.1. The minimum absolute atomic E-state index is 0.0667. The maximum atomic E-state index is 12.3. The molecule has 2 heterocycles. The molecule has 3 aromatic rings. The monoisotopic (exact) mass is 309 g/mol. The van der Waals surface area contributed by atoms with Crippen molar-refractivity contribution in [3.63, 3.8) is 0 Å². The molecule has 0 fully saturated rings. The van der Waals surface area contributed by atoms with Gasteiger partial charge in [-0.05, 0) is 43.7 Å². The van der Waals surface area contributed by atoms with Crippen molar-refractivity contribution in [3.05, 3.63) is 60.0 Å². The quantitative estimate of drug-likeness (QED) is 0.787. The van der Waals surface area contributed by atoms with E-state index in [0.29, 0.717) is 13.0 Å².